The van der Waals surface area contributed by atoms with Crippen LogP contribution >= 0.6 is 0 Å². The molecule has 1 heterocycles. The lowest BCUT2D eigenvalue weighted by Crippen LogP contribution is -2.35. The Morgan fingerprint density at radius 3 is 2.81 bits per heavy atom. The molecule has 0 aliphatic carbocycles. The molecule has 0 unspecified atom stereocenters. The Hall–Kier alpha value is -1.30. The Morgan fingerprint density at radius 1 is 1.50 bits per heavy atom. The zero-order chi connectivity index (χ0) is 12.0. The first-order valence-corrected chi connectivity index (χ1v) is 5.55. The molecule has 92 valence electrons. The SMILES string of the molecule is CN(C)C(=O)CCNCCN1CCNC1=O. The summed E-state index contributed by atoms with van der Waals surface area (Å²) in [5.74, 6) is 0.117. The van der Waals surface area contributed by atoms with Crippen molar-refractivity contribution in [3.63, 3.8) is 0 Å². The summed E-state index contributed by atoms with van der Waals surface area (Å²) in [6.07, 6.45) is 0.499. The number of carbonyl (C=O) groups excluding carboxylic acids is 2. The van der Waals surface area contributed by atoms with Crippen molar-refractivity contribution in [1.29, 1.82) is 0 Å². The van der Waals surface area contributed by atoms with E-state index in [0.29, 0.717) is 19.5 Å². The van der Waals surface area contributed by atoms with Crippen LogP contribution in [0.3, 0.4) is 0 Å². The van der Waals surface area contributed by atoms with Crippen LogP contribution in [0, 0.1) is 0 Å². The van der Waals surface area contributed by atoms with Crippen LogP contribution in [0.2, 0.25) is 0 Å². The number of rotatable bonds is 6. The van der Waals surface area contributed by atoms with Gasteiger partial charge in [0.1, 0.15) is 0 Å². The molecule has 3 amide bonds. The second-order valence-corrected chi connectivity index (χ2v) is 4.01. The van der Waals surface area contributed by atoms with Gasteiger partial charge in [-0.3, -0.25) is 4.79 Å². The van der Waals surface area contributed by atoms with Crippen LogP contribution in [-0.2, 0) is 4.79 Å². The Labute approximate surface area is 96.0 Å². The quantitative estimate of drug-likeness (QED) is 0.578. The monoisotopic (exact) mass is 228 g/mol. The molecule has 0 aromatic carbocycles. The molecule has 6 nitrogen and oxygen atoms in total. The number of urea groups is 1. The maximum atomic E-state index is 11.2. The van der Waals surface area contributed by atoms with Crippen LogP contribution in [0.1, 0.15) is 6.42 Å². The van der Waals surface area contributed by atoms with Crippen molar-refractivity contribution in [3.05, 3.63) is 0 Å². The highest BCUT2D eigenvalue weighted by molar-refractivity contribution is 5.76. The Morgan fingerprint density at radius 2 is 2.25 bits per heavy atom. The highest BCUT2D eigenvalue weighted by Crippen LogP contribution is 1.94. The molecule has 0 saturated carbocycles. The zero-order valence-electron chi connectivity index (χ0n) is 9.95. The molecule has 1 fully saturated rings. The van der Waals surface area contributed by atoms with Gasteiger partial charge in [-0.1, -0.05) is 0 Å². The van der Waals surface area contributed by atoms with Crippen LogP contribution in [-0.4, -0.2) is 68.6 Å². The zero-order valence-corrected chi connectivity index (χ0v) is 9.95. The Balaban J connectivity index is 2.00. The lowest BCUT2D eigenvalue weighted by molar-refractivity contribution is -0.128. The van der Waals surface area contributed by atoms with Gasteiger partial charge in [0, 0.05) is 53.2 Å². The van der Waals surface area contributed by atoms with E-state index < -0.39 is 0 Å². The maximum Gasteiger partial charge on any atom is 0.317 e. The van der Waals surface area contributed by atoms with Crippen LogP contribution in [0.4, 0.5) is 4.79 Å². The minimum absolute atomic E-state index is 0.00571. The van der Waals surface area contributed by atoms with E-state index in [1.807, 2.05) is 0 Å². The molecule has 0 aromatic heterocycles. The summed E-state index contributed by atoms with van der Waals surface area (Å²) in [4.78, 5) is 25.7. The van der Waals surface area contributed by atoms with Gasteiger partial charge in [0.2, 0.25) is 5.91 Å². The molecular weight excluding hydrogens is 208 g/mol. The predicted octanol–water partition coefficient (Wildman–Crippen LogP) is -0.920. The number of nitrogens with one attached hydrogen (secondary N) is 2. The Kier molecular flexibility index (Phi) is 5.04. The van der Waals surface area contributed by atoms with Gasteiger partial charge in [-0.25, -0.2) is 4.79 Å². The summed E-state index contributed by atoms with van der Waals surface area (Å²) < 4.78 is 0. The maximum absolute atomic E-state index is 11.2. The summed E-state index contributed by atoms with van der Waals surface area (Å²) in [6, 6.07) is 0.00571. The van der Waals surface area contributed by atoms with E-state index >= 15 is 0 Å². The van der Waals surface area contributed by atoms with Crippen molar-refractivity contribution in [2.45, 2.75) is 6.42 Å². The van der Waals surface area contributed by atoms with Gasteiger partial charge in [0.25, 0.3) is 0 Å². The van der Waals surface area contributed by atoms with Crippen molar-refractivity contribution in [2.75, 3.05) is 46.8 Å². The average molecular weight is 228 g/mol. The molecule has 0 radical (unpaired) electrons. The summed E-state index contributed by atoms with van der Waals surface area (Å²) >= 11 is 0. The number of amides is 3. The van der Waals surface area contributed by atoms with Crippen molar-refractivity contribution in [2.24, 2.45) is 0 Å². The van der Waals surface area contributed by atoms with Gasteiger partial charge in [-0.2, -0.15) is 0 Å². The van der Waals surface area contributed by atoms with Crippen molar-refractivity contribution >= 4 is 11.9 Å². The van der Waals surface area contributed by atoms with Crippen LogP contribution in [0.15, 0.2) is 0 Å². The Bertz CT molecular complexity index is 255. The van der Waals surface area contributed by atoms with E-state index in [1.54, 1.807) is 23.9 Å². The first-order valence-electron chi connectivity index (χ1n) is 5.55. The molecule has 1 aliphatic rings. The summed E-state index contributed by atoms with van der Waals surface area (Å²) in [7, 11) is 3.49. The molecule has 1 rings (SSSR count). The molecule has 0 bridgehead atoms. The van der Waals surface area contributed by atoms with Crippen molar-refractivity contribution in [3.8, 4) is 0 Å². The van der Waals surface area contributed by atoms with E-state index in [0.717, 1.165) is 19.6 Å². The van der Waals surface area contributed by atoms with Crippen molar-refractivity contribution in [1.82, 2.24) is 20.4 Å². The third-order valence-corrected chi connectivity index (χ3v) is 2.52. The van der Waals surface area contributed by atoms with Gasteiger partial charge < -0.3 is 20.4 Å². The fraction of sp³-hybridized carbons (Fsp3) is 0.800. The number of hydrogen-bond donors (Lipinski definition) is 2. The van der Waals surface area contributed by atoms with Gasteiger partial charge in [-0.05, 0) is 0 Å². The molecule has 1 aliphatic heterocycles. The topological polar surface area (TPSA) is 64.7 Å². The van der Waals surface area contributed by atoms with E-state index in [9.17, 15) is 9.59 Å². The van der Waals surface area contributed by atoms with Crippen molar-refractivity contribution < 1.29 is 9.59 Å². The molecule has 0 aromatic rings. The summed E-state index contributed by atoms with van der Waals surface area (Å²) in [5.41, 5.74) is 0. The lowest BCUT2D eigenvalue weighted by Gasteiger charge is -2.14. The fourth-order valence-electron chi connectivity index (χ4n) is 1.48. The largest absolute Gasteiger partial charge is 0.349 e. The van der Waals surface area contributed by atoms with Gasteiger partial charge in [0.05, 0.1) is 0 Å². The molecular formula is C10H20N4O2. The fourth-order valence-corrected chi connectivity index (χ4v) is 1.48. The molecule has 2 N–H and O–H groups in total. The minimum atomic E-state index is 0.00571. The van der Waals surface area contributed by atoms with Crippen LogP contribution in [0.5, 0.6) is 0 Å². The second kappa shape index (κ2) is 6.32. The highest BCUT2D eigenvalue weighted by atomic mass is 16.2. The molecule has 0 spiro atoms. The summed E-state index contributed by atoms with van der Waals surface area (Å²) in [5, 5.41) is 5.89. The third kappa shape index (κ3) is 4.06. The average Bonchev–Trinajstić information content (AvgIpc) is 2.63. The van der Waals surface area contributed by atoms with E-state index in [2.05, 4.69) is 10.6 Å². The predicted molar refractivity (Wildman–Crippen MR) is 61.2 cm³/mol. The lowest BCUT2D eigenvalue weighted by atomic mass is 10.4. The summed E-state index contributed by atoms with van der Waals surface area (Å²) in [6.45, 7) is 3.59. The number of carbonyl (C=O) groups is 2. The standard InChI is InChI=1S/C10H20N4O2/c1-13(2)9(15)3-4-11-5-7-14-8-6-12-10(14)16/h11H,3-8H2,1-2H3,(H,12,16). The molecule has 1 saturated heterocycles. The first-order chi connectivity index (χ1) is 7.61. The van der Waals surface area contributed by atoms with Gasteiger partial charge in [0.15, 0.2) is 0 Å². The van der Waals surface area contributed by atoms with Gasteiger partial charge in [-0.15, -0.1) is 0 Å². The minimum Gasteiger partial charge on any atom is -0.349 e. The highest BCUT2D eigenvalue weighted by Gasteiger charge is 2.17. The van der Waals surface area contributed by atoms with Gasteiger partial charge >= 0.3 is 6.03 Å². The van der Waals surface area contributed by atoms with E-state index in [4.69, 9.17) is 0 Å². The molecule has 16 heavy (non-hydrogen) atoms. The van der Waals surface area contributed by atoms with E-state index in [1.165, 1.54) is 0 Å². The number of hydrogen-bond acceptors (Lipinski definition) is 3. The molecule has 0 atom stereocenters. The normalized spacial score (nSPS) is 15.1. The smallest absolute Gasteiger partial charge is 0.317 e. The first kappa shape index (κ1) is 12.8. The van der Waals surface area contributed by atoms with E-state index in [-0.39, 0.29) is 11.9 Å². The third-order valence-electron chi connectivity index (χ3n) is 2.52. The second-order valence-electron chi connectivity index (χ2n) is 4.01. The van der Waals surface area contributed by atoms with Crippen LogP contribution in [0.25, 0.3) is 0 Å². The molecule has 6 heteroatoms. The number of nitrogens with zero attached hydrogens (tertiary/aromatic N) is 2. The van der Waals surface area contributed by atoms with Crippen LogP contribution < -0.4 is 10.6 Å².